The predicted octanol–water partition coefficient (Wildman–Crippen LogP) is -2.49. The largest absolute Gasteiger partial charge is 0.543 e. The first-order valence-corrected chi connectivity index (χ1v) is 12.0. The molecule has 2 aliphatic rings. The van der Waals surface area contributed by atoms with E-state index in [2.05, 4.69) is 25.7 Å². The minimum absolute atomic E-state index is 0.151. The van der Waals surface area contributed by atoms with Crippen LogP contribution in [0.2, 0.25) is 0 Å². The lowest BCUT2D eigenvalue weighted by atomic mass is 10.0. The van der Waals surface area contributed by atoms with E-state index in [4.69, 9.17) is 10.6 Å². The summed E-state index contributed by atoms with van der Waals surface area (Å²) < 4.78 is 3.14. The Labute approximate surface area is 205 Å². The highest BCUT2D eigenvalue weighted by atomic mass is 32.2. The standard InChI is InChI=1S/C19H17N9O5S2/c1-33-25-12(10-7-35-19(20)23-10)15(29)24-13-16(30)27-14(18(31)32)9(6-34-17(13)27)5-26-8-22-28-11(26)3-2-4-21-28/h2-4,7-8,13,17H,5-6H2,1H3,(H3-,20,23,24,29,31,32)/b25-12-/t13-,17-/m1/s1. The van der Waals surface area contributed by atoms with Crippen molar-refractivity contribution in [3.05, 3.63) is 47.0 Å². The van der Waals surface area contributed by atoms with Crippen LogP contribution in [0.3, 0.4) is 0 Å². The van der Waals surface area contributed by atoms with E-state index in [1.54, 1.807) is 22.9 Å². The number of aromatic nitrogens is 5. The molecule has 2 aliphatic heterocycles. The van der Waals surface area contributed by atoms with E-state index >= 15 is 0 Å². The topological polar surface area (TPSA) is 185 Å². The van der Waals surface area contributed by atoms with Gasteiger partial charge in [-0.25, -0.2) is 9.55 Å². The number of nitrogen functional groups attached to an aromatic ring is 1. The Bertz CT molecular complexity index is 1410. The summed E-state index contributed by atoms with van der Waals surface area (Å²) in [4.78, 5) is 47.8. The molecule has 0 bridgehead atoms. The highest BCUT2D eigenvalue weighted by molar-refractivity contribution is 8.00. The van der Waals surface area contributed by atoms with Crippen LogP contribution in [0.5, 0.6) is 0 Å². The summed E-state index contributed by atoms with van der Waals surface area (Å²) in [6, 6.07) is 2.56. The Morgan fingerprint density at radius 2 is 2.26 bits per heavy atom. The number of nitrogens with one attached hydrogen (secondary N) is 1. The fourth-order valence-electron chi connectivity index (χ4n) is 3.85. The summed E-state index contributed by atoms with van der Waals surface area (Å²) in [5.74, 6) is -2.45. The fraction of sp³-hybridized carbons (Fsp3) is 0.263. The number of thioether (sulfide) groups is 1. The van der Waals surface area contributed by atoms with Crippen LogP contribution in [-0.2, 0) is 25.8 Å². The van der Waals surface area contributed by atoms with E-state index in [0.29, 0.717) is 17.0 Å². The molecule has 3 aromatic heterocycles. The van der Waals surface area contributed by atoms with Crippen LogP contribution in [0.25, 0.3) is 5.65 Å². The molecule has 0 aromatic carbocycles. The van der Waals surface area contributed by atoms with Crippen molar-refractivity contribution in [2.45, 2.75) is 18.0 Å². The van der Waals surface area contributed by atoms with Gasteiger partial charge in [0.15, 0.2) is 10.8 Å². The van der Waals surface area contributed by atoms with Crippen molar-refractivity contribution in [2.24, 2.45) is 5.16 Å². The quantitative estimate of drug-likeness (QED) is 0.148. The zero-order chi connectivity index (χ0) is 24.7. The van der Waals surface area contributed by atoms with Gasteiger partial charge in [0.1, 0.15) is 30.8 Å². The molecule has 2 atom stereocenters. The fourth-order valence-corrected chi connectivity index (χ4v) is 5.73. The third kappa shape index (κ3) is 3.95. The maximum atomic E-state index is 13.0. The molecule has 14 nitrogen and oxygen atoms in total. The number of amides is 2. The van der Waals surface area contributed by atoms with E-state index in [9.17, 15) is 19.5 Å². The van der Waals surface area contributed by atoms with Gasteiger partial charge >= 0.3 is 5.65 Å². The number of rotatable bonds is 7. The molecule has 2 amide bonds. The Balaban J connectivity index is 1.37. The highest BCUT2D eigenvalue weighted by Gasteiger charge is 2.53. The zero-order valence-corrected chi connectivity index (χ0v) is 19.7. The summed E-state index contributed by atoms with van der Waals surface area (Å²) >= 11 is 2.45. The van der Waals surface area contributed by atoms with Gasteiger partial charge in [0.2, 0.25) is 6.33 Å². The molecule has 0 spiro atoms. The average Bonchev–Trinajstić information content (AvgIpc) is 3.46. The van der Waals surface area contributed by atoms with Gasteiger partial charge in [-0.05, 0) is 11.2 Å². The van der Waals surface area contributed by atoms with Gasteiger partial charge < -0.3 is 25.8 Å². The normalized spacial score (nSPS) is 20.0. The lowest BCUT2D eigenvalue weighted by Gasteiger charge is -2.50. The monoisotopic (exact) mass is 515 g/mol. The maximum absolute atomic E-state index is 13.0. The molecule has 16 heteroatoms. The first-order valence-electron chi connectivity index (χ1n) is 10.1. The van der Waals surface area contributed by atoms with E-state index in [-0.39, 0.29) is 28.8 Å². The minimum Gasteiger partial charge on any atom is -0.543 e. The molecule has 0 saturated carbocycles. The van der Waals surface area contributed by atoms with Crippen molar-refractivity contribution in [3.8, 4) is 0 Å². The van der Waals surface area contributed by atoms with Crippen LogP contribution >= 0.6 is 23.1 Å². The number of carbonyl (C=O) groups excluding carboxylic acids is 3. The van der Waals surface area contributed by atoms with Crippen molar-refractivity contribution in [3.63, 3.8) is 0 Å². The number of thiazole rings is 1. The number of hydrogen-bond acceptors (Lipinski definition) is 12. The van der Waals surface area contributed by atoms with Crippen LogP contribution in [0.1, 0.15) is 5.69 Å². The Morgan fingerprint density at radius 3 is 2.97 bits per heavy atom. The van der Waals surface area contributed by atoms with Crippen molar-refractivity contribution in [1.82, 2.24) is 30.0 Å². The third-order valence-corrected chi connectivity index (χ3v) is 7.37. The van der Waals surface area contributed by atoms with Crippen LogP contribution in [0.15, 0.2) is 46.5 Å². The van der Waals surface area contributed by atoms with Crippen LogP contribution in [0.4, 0.5) is 5.13 Å². The Hall–Kier alpha value is -4.05. The molecule has 3 aromatic rings. The van der Waals surface area contributed by atoms with Crippen LogP contribution in [0, 0.1) is 0 Å². The number of β-lactam (4-membered cyclic amide) rings is 1. The van der Waals surface area contributed by atoms with Crippen LogP contribution in [-0.4, -0.2) is 72.4 Å². The number of carboxylic acid groups (broad SMARTS) is 1. The van der Waals surface area contributed by atoms with Gasteiger partial charge in [-0.1, -0.05) is 10.3 Å². The summed E-state index contributed by atoms with van der Waals surface area (Å²) in [6.45, 7) is 0.176. The SMILES string of the molecule is CO/N=C(\C(=O)N[C@@H]1C(=O)N2C(C(=O)[O-])=C(Cn3cn[n+]4ncccc34)CS[C@H]12)c1csc(N)n1. The molecule has 1 saturated heterocycles. The second-order valence-electron chi connectivity index (χ2n) is 7.42. The van der Waals surface area contributed by atoms with Crippen molar-refractivity contribution < 1.29 is 29.0 Å². The molecule has 5 heterocycles. The number of carboxylic acids is 1. The minimum atomic E-state index is -1.47. The molecule has 180 valence electrons. The third-order valence-electron chi connectivity index (χ3n) is 5.36. The summed E-state index contributed by atoms with van der Waals surface area (Å²) in [6.07, 6.45) is 3.11. The summed E-state index contributed by atoms with van der Waals surface area (Å²) in [5.41, 5.74) is 6.60. The second-order valence-corrected chi connectivity index (χ2v) is 9.42. The number of fused-ring (bicyclic) bond motifs is 2. The average molecular weight is 516 g/mol. The van der Waals surface area contributed by atoms with Gasteiger partial charge in [-0.2, -0.15) is 0 Å². The van der Waals surface area contributed by atoms with Gasteiger partial charge in [0.05, 0.1) is 17.9 Å². The first kappa shape index (κ1) is 22.7. The molecule has 0 radical (unpaired) electrons. The van der Waals surface area contributed by atoms with E-state index in [1.807, 2.05) is 0 Å². The number of anilines is 1. The molecular formula is C19H17N9O5S2. The van der Waals surface area contributed by atoms with E-state index in [1.165, 1.54) is 35.2 Å². The molecule has 35 heavy (non-hydrogen) atoms. The Kier molecular flexibility index (Phi) is 5.81. The van der Waals surface area contributed by atoms with Gasteiger partial charge in [-0.15, -0.1) is 23.1 Å². The molecule has 1 fully saturated rings. The number of carbonyl (C=O) groups is 3. The summed E-state index contributed by atoms with van der Waals surface area (Å²) in [7, 11) is 1.27. The lowest BCUT2D eigenvalue weighted by molar-refractivity contribution is -0.641. The predicted molar refractivity (Wildman–Crippen MR) is 120 cm³/mol. The van der Waals surface area contributed by atoms with Crippen LogP contribution < -0.4 is 20.8 Å². The molecule has 3 N–H and O–H groups in total. The Morgan fingerprint density at radius 1 is 1.43 bits per heavy atom. The van der Waals surface area contributed by atoms with Gasteiger partial charge in [-0.3, -0.25) is 14.5 Å². The number of nitrogens with zero attached hydrogens (tertiary/aromatic N) is 7. The maximum Gasteiger partial charge on any atom is 0.331 e. The number of aliphatic carboxylic acids is 1. The first-order chi connectivity index (χ1) is 16.9. The van der Waals surface area contributed by atoms with Gasteiger partial charge in [0, 0.05) is 27.4 Å². The lowest BCUT2D eigenvalue weighted by Crippen LogP contribution is -2.71. The summed E-state index contributed by atoms with van der Waals surface area (Å²) in [5, 5.41) is 27.7. The number of nitrogens with two attached hydrogens (primary N) is 1. The molecule has 0 aliphatic carbocycles. The molecular weight excluding hydrogens is 498 g/mol. The van der Waals surface area contributed by atoms with Crippen molar-refractivity contribution in [1.29, 1.82) is 0 Å². The van der Waals surface area contributed by atoms with Gasteiger partial charge in [0.25, 0.3) is 11.8 Å². The number of oxime groups is 1. The van der Waals surface area contributed by atoms with E-state index in [0.717, 1.165) is 16.2 Å². The smallest absolute Gasteiger partial charge is 0.331 e. The van der Waals surface area contributed by atoms with E-state index < -0.39 is 29.2 Å². The number of hydrogen-bond donors (Lipinski definition) is 2. The molecule has 0 unspecified atom stereocenters. The van der Waals surface area contributed by atoms with Crippen molar-refractivity contribution >= 4 is 57.4 Å². The zero-order valence-electron chi connectivity index (χ0n) is 18.0. The second kappa shape index (κ2) is 8.95. The molecule has 5 rings (SSSR count). The van der Waals surface area contributed by atoms with Crippen molar-refractivity contribution in [2.75, 3.05) is 18.6 Å². The highest BCUT2D eigenvalue weighted by Crippen LogP contribution is 2.40.